The molecule has 0 fully saturated rings. The number of rotatable bonds is 5. The number of carbonyl (C=O) groups excluding carboxylic acids is 1. The van der Waals surface area contributed by atoms with Gasteiger partial charge in [-0.25, -0.2) is 0 Å². The zero-order valence-corrected chi connectivity index (χ0v) is 9.97. The highest BCUT2D eigenvalue weighted by atomic mass is 32.1. The van der Waals surface area contributed by atoms with Crippen LogP contribution in [0.1, 0.15) is 42.4 Å². The summed E-state index contributed by atoms with van der Waals surface area (Å²) in [6.45, 7) is 4.36. The number of thiophene rings is 1. The number of nitrogens with two attached hydrogens (primary N) is 1. The maximum atomic E-state index is 10.8. The van der Waals surface area contributed by atoms with Gasteiger partial charge in [-0.15, -0.1) is 11.3 Å². The van der Waals surface area contributed by atoms with E-state index in [0.717, 1.165) is 12.8 Å². The Labute approximate surface area is 94.2 Å². The predicted octanol–water partition coefficient (Wildman–Crippen LogP) is 2.61. The van der Waals surface area contributed by atoms with Crippen LogP contribution in [0.2, 0.25) is 0 Å². The molecule has 0 amide bonds. The van der Waals surface area contributed by atoms with Crippen molar-refractivity contribution in [1.82, 2.24) is 0 Å². The van der Waals surface area contributed by atoms with Gasteiger partial charge in [0.1, 0.15) is 0 Å². The minimum Gasteiger partial charge on any atom is -0.373 e. The Morgan fingerprint density at radius 2 is 2.27 bits per heavy atom. The molecule has 15 heavy (non-hydrogen) atoms. The van der Waals surface area contributed by atoms with Crippen LogP contribution < -0.4 is 5.90 Å². The third kappa shape index (κ3) is 4.01. The summed E-state index contributed by atoms with van der Waals surface area (Å²) in [5.74, 6) is 4.99. The molecule has 0 saturated heterocycles. The Bertz CT molecular complexity index is 320. The lowest BCUT2D eigenvalue weighted by molar-refractivity contribution is -0.144. The number of hydrogen-bond acceptors (Lipinski definition) is 4. The van der Waals surface area contributed by atoms with E-state index in [1.165, 1.54) is 9.75 Å². The molecular weight excluding hydrogens is 210 g/mol. The van der Waals surface area contributed by atoms with Gasteiger partial charge in [-0.1, -0.05) is 13.8 Å². The SMILES string of the molecule is CC(C)c1ccc(CCCC(=O)ON)s1. The Morgan fingerprint density at radius 3 is 2.80 bits per heavy atom. The highest BCUT2D eigenvalue weighted by Gasteiger charge is 2.05. The average Bonchev–Trinajstić information content (AvgIpc) is 2.66. The van der Waals surface area contributed by atoms with Crippen molar-refractivity contribution in [3.63, 3.8) is 0 Å². The van der Waals surface area contributed by atoms with Gasteiger partial charge in [-0.3, -0.25) is 4.79 Å². The first-order valence-corrected chi connectivity index (χ1v) is 5.93. The van der Waals surface area contributed by atoms with Gasteiger partial charge in [0.2, 0.25) is 0 Å². The quantitative estimate of drug-likeness (QED) is 0.787. The van der Waals surface area contributed by atoms with Crippen LogP contribution in [0.5, 0.6) is 0 Å². The van der Waals surface area contributed by atoms with Gasteiger partial charge in [0.15, 0.2) is 0 Å². The van der Waals surface area contributed by atoms with Crippen LogP contribution in [0.15, 0.2) is 12.1 Å². The zero-order chi connectivity index (χ0) is 11.3. The van der Waals surface area contributed by atoms with Gasteiger partial charge in [0, 0.05) is 16.2 Å². The maximum Gasteiger partial charge on any atom is 0.324 e. The smallest absolute Gasteiger partial charge is 0.324 e. The van der Waals surface area contributed by atoms with Crippen molar-refractivity contribution in [3.05, 3.63) is 21.9 Å². The fourth-order valence-corrected chi connectivity index (χ4v) is 2.36. The van der Waals surface area contributed by atoms with Crippen LogP contribution >= 0.6 is 11.3 Å². The van der Waals surface area contributed by atoms with Crippen LogP contribution in [-0.2, 0) is 16.1 Å². The van der Waals surface area contributed by atoms with E-state index in [1.54, 1.807) is 0 Å². The topological polar surface area (TPSA) is 52.3 Å². The van der Waals surface area contributed by atoms with Crippen LogP contribution in [0.3, 0.4) is 0 Å². The lowest BCUT2D eigenvalue weighted by Crippen LogP contribution is -2.09. The van der Waals surface area contributed by atoms with E-state index in [1.807, 2.05) is 11.3 Å². The Balaban J connectivity index is 2.34. The van der Waals surface area contributed by atoms with E-state index in [2.05, 4.69) is 30.8 Å². The van der Waals surface area contributed by atoms with Gasteiger partial charge in [-0.2, -0.15) is 5.90 Å². The molecule has 2 N–H and O–H groups in total. The highest BCUT2D eigenvalue weighted by molar-refractivity contribution is 7.12. The minimum atomic E-state index is -0.337. The standard InChI is InChI=1S/C11H17NO2S/c1-8(2)10-7-6-9(15-10)4-3-5-11(13)14-12/h6-8H,3-5,12H2,1-2H3. The molecule has 0 aliphatic heterocycles. The molecule has 0 unspecified atom stereocenters. The van der Waals surface area contributed by atoms with Crippen molar-refractivity contribution in [2.75, 3.05) is 0 Å². The summed E-state index contributed by atoms with van der Waals surface area (Å²) in [6.07, 6.45) is 2.12. The molecule has 1 rings (SSSR count). The normalized spacial score (nSPS) is 10.7. The molecule has 0 aliphatic rings. The fourth-order valence-electron chi connectivity index (χ4n) is 1.31. The summed E-state index contributed by atoms with van der Waals surface area (Å²) in [4.78, 5) is 17.6. The van der Waals surface area contributed by atoms with Crippen molar-refractivity contribution in [2.24, 2.45) is 5.90 Å². The number of hydrogen-bond donors (Lipinski definition) is 1. The van der Waals surface area contributed by atoms with Crippen LogP contribution in [0.4, 0.5) is 0 Å². The maximum absolute atomic E-state index is 10.8. The zero-order valence-electron chi connectivity index (χ0n) is 9.16. The molecule has 0 aromatic carbocycles. The van der Waals surface area contributed by atoms with Crippen molar-refractivity contribution in [2.45, 2.75) is 39.0 Å². The second-order valence-electron chi connectivity index (χ2n) is 3.80. The van der Waals surface area contributed by atoms with Gasteiger partial charge in [0.05, 0.1) is 0 Å². The average molecular weight is 227 g/mol. The summed E-state index contributed by atoms with van der Waals surface area (Å²) in [6, 6.07) is 4.29. The van der Waals surface area contributed by atoms with E-state index in [-0.39, 0.29) is 5.97 Å². The molecule has 4 heteroatoms. The fraction of sp³-hybridized carbons (Fsp3) is 0.545. The summed E-state index contributed by atoms with van der Waals surface area (Å²) in [5, 5.41) is 0. The number of carbonyl (C=O) groups is 1. The monoisotopic (exact) mass is 227 g/mol. The predicted molar refractivity (Wildman–Crippen MR) is 61.6 cm³/mol. The van der Waals surface area contributed by atoms with Gasteiger partial charge < -0.3 is 4.84 Å². The lowest BCUT2D eigenvalue weighted by atomic mass is 10.2. The van der Waals surface area contributed by atoms with Crippen LogP contribution in [0, 0.1) is 0 Å². The molecule has 84 valence electrons. The Morgan fingerprint density at radius 1 is 1.53 bits per heavy atom. The van der Waals surface area contributed by atoms with E-state index < -0.39 is 0 Å². The van der Waals surface area contributed by atoms with E-state index in [9.17, 15) is 4.79 Å². The van der Waals surface area contributed by atoms with E-state index in [0.29, 0.717) is 12.3 Å². The van der Waals surface area contributed by atoms with Crippen LogP contribution in [0.25, 0.3) is 0 Å². The first kappa shape index (κ1) is 12.2. The van der Waals surface area contributed by atoms with Crippen LogP contribution in [-0.4, -0.2) is 5.97 Å². The summed E-state index contributed by atoms with van der Waals surface area (Å²) >= 11 is 1.82. The molecule has 3 nitrogen and oxygen atoms in total. The van der Waals surface area contributed by atoms with Crippen molar-refractivity contribution >= 4 is 17.3 Å². The van der Waals surface area contributed by atoms with Crippen molar-refractivity contribution in [1.29, 1.82) is 0 Å². The molecule has 0 radical (unpaired) electrons. The summed E-state index contributed by atoms with van der Waals surface area (Å²) in [7, 11) is 0. The largest absolute Gasteiger partial charge is 0.373 e. The van der Waals surface area contributed by atoms with Crippen molar-refractivity contribution in [3.8, 4) is 0 Å². The van der Waals surface area contributed by atoms with E-state index >= 15 is 0 Å². The highest BCUT2D eigenvalue weighted by Crippen LogP contribution is 2.25. The molecule has 0 atom stereocenters. The Hall–Kier alpha value is -0.870. The van der Waals surface area contributed by atoms with Gasteiger partial charge in [0.25, 0.3) is 0 Å². The van der Waals surface area contributed by atoms with E-state index in [4.69, 9.17) is 5.90 Å². The van der Waals surface area contributed by atoms with Gasteiger partial charge >= 0.3 is 5.97 Å². The first-order valence-electron chi connectivity index (χ1n) is 5.11. The summed E-state index contributed by atoms with van der Waals surface area (Å²) in [5.41, 5.74) is 0. The lowest BCUT2D eigenvalue weighted by Gasteiger charge is -1.99. The second kappa shape index (κ2) is 5.88. The molecule has 0 saturated carbocycles. The third-order valence-corrected chi connectivity index (χ3v) is 3.63. The second-order valence-corrected chi connectivity index (χ2v) is 5.00. The molecule has 1 aromatic rings. The molecule has 0 aliphatic carbocycles. The summed E-state index contributed by atoms with van der Waals surface area (Å²) < 4.78 is 0. The first-order chi connectivity index (χ1) is 7.13. The molecule has 0 spiro atoms. The van der Waals surface area contributed by atoms with Crippen molar-refractivity contribution < 1.29 is 9.63 Å². The third-order valence-electron chi connectivity index (χ3n) is 2.19. The Kier molecular flexibility index (Phi) is 4.78. The molecule has 1 aromatic heterocycles. The molecule has 1 heterocycles. The minimum absolute atomic E-state index is 0.337. The molecular formula is C11H17NO2S. The number of aryl methyl sites for hydroxylation is 1. The molecule has 0 bridgehead atoms. The van der Waals surface area contributed by atoms with Gasteiger partial charge in [-0.05, 0) is 30.9 Å².